The number of hydrogen-bond donors (Lipinski definition) is 2. The van der Waals surface area contributed by atoms with Crippen molar-refractivity contribution in [3.8, 4) is 0 Å². The molecule has 16 heavy (non-hydrogen) atoms. The van der Waals surface area contributed by atoms with E-state index in [1.807, 2.05) is 0 Å². The fraction of sp³-hybridized carbons (Fsp3) is 0.750. The van der Waals surface area contributed by atoms with E-state index >= 15 is 0 Å². The number of rotatable bonds is 2. The summed E-state index contributed by atoms with van der Waals surface area (Å²) < 4.78 is 2.24. The molecular formula is C12H20N4. The van der Waals surface area contributed by atoms with E-state index in [9.17, 15) is 0 Å². The minimum atomic E-state index is 0.615. The molecule has 0 saturated heterocycles. The van der Waals surface area contributed by atoms with Crippen molar-refractivity contribution in [1.82, 2.24) is 15.1 Å². The van der Waals surface area contributed by atoms with Gasteiger partial charge in [-0.25, -0.2) is 0 Å². The zero-order valence-corrected chi connectivity index (χ0v) is 9.71. The molecule has 1 aliphatic heterocycles. The largest absolute Gasteiger partial charge is 0.325 e. The molecule has 1 saturated carbocycles. The smallest absolute Gasteiger partial charge is 0.0798 e. The summed E-state index contributed by atoms with van der Waals surface area (Å²) in [5.41, 5.74) is 9.86. The molecule has 0 unspecified atom stereocenters. The normalized spacial score (nSPS) is 21.3. The van der Waals surface area contributed by atoms with Crippen LogP contribution in [-0.2, 0) is 19.5 Å². The molecule has 0 aromatic carbocycles. The first kappa shape index (κ1) is 10.3. The average molecular weight is 220 g/mol. The molecule has 2 heterocycles. The van der Waals surface area contributed by atoms with Gasteiger partial charge < -0.3 is 11.1 Å². The molecule has 0 radical (unpaired) electrons. The van der Waals surface area contributed by atoms with Crippen molar-refractivity contribution in [3.63, 3.8) is 0 Å². The maximum atomic E-state index is 5.91. The van der Waals surface area contributed by atoms with Crippen molar-refractivity contribution in [2.75, 3.05) is 6.54 Å². The highest BCUT2D eigenvalue weighted by Crippen LogP contribution is 2.32. The predicted molar refractivity (Wildman–Crippen MR) is 63.0 cm³/mol. The molecular weight excluding hydrogens is 200 g/mol. The van der Waals surface area contributed by atoms with Crippen molar-refractivity contribution in [1.29, 1.82) is 0 Å². The second kappa shape index (κ2) is 4.18. The zero-order chi connectivity index (χ0) is 11.0. The lowest BCUT2D eigenvalue weighted by molar-refractivity contribution is 0.446. The Bertz CT molecular complexity index is 377. The van der Waals surface area contributed by atoms with E-state index in [1.165, 1.54) is 42.6 Å². The van der Waals surface area contributed by atoms with E-state index < -0.39 is 0 Å². The Labute approximate surface area is 96.2 Å². The van der Waals surface area contributed by atoms with Gasteiger partial charge in [0, 0.05) is 18.7 Å². The SMILES string of the molecule is NCc1c2c(nn1C1CCCC1)CNCC2. The van der Waals surface area contributed by atoms with E-state index in [2.05, 4.69) is 10.00 Å². The summed E-state index contributed by atoms with van der Waals surface area (Å²) in [6.45, 7) is 2.62. The molecule has 4 nitrogen and oxygen atoms in total. The first-order valence-electron chi connectivity index (χ1n) is 6.40. The van der Waals surface area contributed by atoms with Crippen LogP contribution in [0.25, 0.3) is 0 Å². The second-order valence-electron chi connectivity index (χ2n) is 4.89. The van der Waals surface area contributed by atoms with Gasteiger partial charge in [0.15, 0.2) is 0 Å². The molecule has 0 spiro atoms. The minimum absolute atomic E-state index is 0.615. The van der Waals surface area contributed by atoms with Gasteiger partial charge in [0.1, 0.15) is 0 Å². The van der Waals surface area contributed by atoms with E-state index in [0.29, 0.717) is 12.6 Å². The molecule has 1 aliphatic carbocycles. The van der Waals surface area contributed by atoms with Gasteiger partial charge in [-0.2, -0.15) is 5.10 Å². The molecule has 1 aromatic heterocycles. The zero-order valence-electron chi connectivity index (χ0n) is 9.71. The first-order chi connectivity index (χ1) is 7.90. The highest BCUT2D eigenvalue weighted by Gasteiger charge is 2.25. The van der Waals surface area contributed by atoms with Gasteiger partial charge in [-0.3, -0.25) is 4.68 Å². The summed E-state index contributed by atoms with van der Waals surface area (Å²) in [7, 11) is 0. The lowest BCUT2D eigenvalue weighted by Crippen LogP contribution is -2.23. The summed E-state index contributed by atoms with van der Waals surface area (Å²) in [4.78, 5) is 0. The minimum Gasteiger partial charge on any atom is -0.325 e. The van der Waals surface area contributed by atoms with Crippen LogP contribution in [-0.4, -0.2) is 16.3 Å². The number of nitrogens with zero attached hydrogens (tertiary/aromatic N) is 2. The Kier molecular flexibility index (Phi) is 2.69. The summed E-state index contributed by atoms with van der Waals surface area (Å²) in [5.74, 6) is 0. The van der Waals surface area contributed by atoms with Crippen LogP contribution in [0.5, 0.6) is 0 Å². The molecule has 4 heteroatoms. The molecule has 3 rings (SSSR count). The highest BCUT2D eigenvalue weighted by atomic mass is 15.3. The maximum Gasteiger partial charge on any atom is 0.0798 e. The molecule has 0 atom stereocenters. The molecule has 0 bridgehead atoms. The van der Waals surface area contributed by atoms with Crippen LogP contribution in [0.15, 0.2) is 0 Å². The van der Waals surface area contributed by atoms with Crippen molar-refractivity contribution in [3.05, 3.63) is 17.0 Å². The highest BCUT2D eigenvalue weighted by molar-refractivity contribution is 5.29. The Morgan fingerprint density at radius 1 is 1.38 bits per heavy atom. The topological polar surface area (TPSA) is 55.9 Å². The fourth-order valence-corrected chi connectivity index (χ4v) is 3.07. The van der Waals surface area contributed by atoms with Gasteiger partial charge in [0.25, 0.3) is 0 Å². The number of nitrogens with two attached hydrogens (primary N) is 1. The van der Waals surface area contributed by atoms with Crippen molar-refractivity contribution < 1.29 is 0 Å². The van der Waals surface area contributed by atoms with E-state index in [0.717, 1.165) is 19.5 Å². The van der Waals surface area contributed by atoms with Crippen LogP contribution in [0.3, 0.4) is 0 Å². The third-order valence-electron chi connectivity index (χ3n) is 3.91. The van der Waals surface area contributed by atoms with E-state index in [1.54, 1.807) is 0 Å². The van der Waals surface area contributed by atoms with E-state index in [4.69, 9.17) is 10.8 Å². The molecule has 1 fully saturated rings. The molecule has 1 aromatic rings. The summed E-state index contributed by atoms with van der Waals surface area (Å²) in [6, 6.07) is 0.615. The fourth-order valence-electron chi connectivity index (χ4n) is 3.07. The second-order valence-corrected chi connectivity index (χ2v) is 4.89. The standard InChI is InChI=1S/C12H20N4/c13-7-12-10-5-6-14-8-11(10)15-16(12)9-3-1-2-4-9/h9,14H,1-8,13H2. The molecule has 0 amide bonds. The van der Waals surface area contributed by atoms with Crippen LogP contribution in [0.2, 0.25) is 0 Å². The van der Waals surface area contributed by atoms with Gasteiger partial charge in [0.2, 0.25) is 0 Å². The molecule has 3 N–H and O–H groups in total. The van der Waals surface area contributed by atoms with Gasteiger partial charge in [-0.1, -0.05) is 12.8 Å². The number of fused-ring (bicyclic) bond motifs is 1. The van der Waals surface area contributed by atoms with E-state index in [-0.39, 0.29) is 0 Å². The predicted octanol–water partition coefficient (Wildman–Crippen LogP) is 1.10. The van der Waals surface area contributed by atoms with Crippen molar-refractivity contribution in [2.24, 2.45) is 5.73 Å². The monoisotopic (exact) mass is 220 g/mol. The number of hydrogen-bond acceptors (Lipinski definition) is 3. The van der Waals surface area contributed by atoms with Crippen molar-refractivity contribution in [2.45, 2.75) is 51.2 Å². The third-order valence-corrected chi connectivity index (χ3v) is 3.91. The van der Waals surface area contributed by atoms with Gasteiger partial charge in [0.05, 0.1) is 17.4 Å². The van der Waals surface area contributed by atoms with Crippen LogP contribution in [0, 0.1) is 0 Å². The van der Waals surface area contributed by atoms with Gasteiger partial charge in [-0.15, -0.1) is 0 Å². The van der Waals surface area contributed by atoms with Crippen LogP contribution in [0.1, 0.15) is 48.7 Å². The average Bonchev–Trinajstić information content (AvgIpc) is 2.95. The summed E-state index contributed by atoms with van der Waals surface area (Å²) in [5, 5.41) is 8.16. The summed E-state index contributed by atoms with van der Waals surface area (Å²) >= 11 is 0. The van der Waals surface area contributed by atoms with Crippen LogP contribution >= 0.6 is 0 Å². The number of aromatic nitrogens is 2. The molecule has 88 valence electrons. The Hall–Kier alpha value is -0.870. The summed E-state index contributed by atoms with van der Waals surface area (Å²) in [6.07, 6.45) is 6.34. The van der Waals surface area contributed by atoms with Crippen LogP contribution < -0.4 is 11.1 Å². The lowest BCUT2D eigenvalue weighted by atomic mass is 10.1. The lowest BCUT2D eigenvalue weighted by Gasteiger charge is -2.14. The Morgan fingerprint density at radius 2 is 2.19 bits per heavy atom. The Morgan fingerprint density at radius 3 is 2.94 bits per heavy atom. The first-order valence-corrected chi connectivity index (χ1v) is 6.40. The van der Waals surface area contributed by atoms with Gasteiger partial charge >= 0.3 is 0 Å². The maximum absolute atomic E-state index is 5.91. The number of nitrogens with one attached hydrogen (secondary N) is 1. The van der Waals surface area contributed by atoms with Crippen molar-refractivity contribution >= 4 is 0 Å². The van der Waals surface area contributed by atoms with Crippen LogP contribution in [0.4, 0.5) is 0 Å². The quantitative estimate of drug-likeness (QED) is 0.785. The molecule has 2 aliphatic rings. The Balaban J connectivity index is 1.99. The third kappa shape index (κ3) is 1.57. The van der Waals surface area contributed by atoms with Gasteiger partial charge in [-0.05, 0) is 25.8 Å².